The topological polar surface area (TPSA) is 125 Å². The van der Waals surface area contributed by atoms with Crippen LogP contribution < -0.4 is 10.6 Å². The van der Waals surface area contributed by atoms with Crippen molar-refractivity contribution in [2.45, 2.75) is 62.6 Å². The summed E-state index contributed by atoms with van der Waals surface area (Å²) in [6.45, 7) is 0. The van der Waals surface area contributed by atoms with Crippen molar-refractivity contribution >= 4 is 40.9 Å². The fourth-order valence-electron chi connectivity index (χ4n) is 4.36. The van der Waals surface area contributed by atoms with Gasteiger partial charge in [0, 0.05) is 18.9 Å². The van der Waals surface area contributed by atoms with Crippen LogP contribution in [0.3, 0.4) is 0 Å². The summed E-state index contributed by atoms with van der Waals surface area (Å²) in [6, 6.07) is 3.95. The lowest BCUT2D eigenvalue weighted by molar-refractivity contribution is -0.156. The Morgan fingerprint density at radius 1 is 1.09 bits per heavy atom. The van der Waals surface area contributed by atoms with E-state index in [-0.39, 0.29) is 31.0 Å². The van der Waals surface area contributed by atoms with Crippen molar-refractivity contribution in [1.82, 2.24) is 10.2 Å². The van der Waals surface area contributed by atoms with Crippen molar-refractivity contribution in [3.05, 3.63) is 41.4 Å². The summed E-state index contributed by atoms with van der Waals surface area (Å²) >= 11 is 6.24. The summed E-state index contributed by atoms with van der Waals surface area (Å²) in [7, 11) is 0. The van der Waals surface area contributed by atoms with Gasteiger partial charge in [-0.3, -0.25) is 19.2 Å². The van der Waals surface area contributed by atoms with Crippen molar-refractivity contribution in [3.8, 4) is 0 Å². The van der Waals surface area contributed by atoms with Crippen LogP contribution in [-0.2, 0) is 23.9 Å². The minimum absolute atomic E-state index is 0.122. The molecule has 9 nitrogen and oxygen atoms in total. The summed E-state index contributed by atoms with van der Waals surface area (Å²) in [5.41, 5.74) is 0.594. The number of cyclic esters (lactones) is 1. The van der Waals surface area contributed by atoms with Crippen LogP contribution in [0.2, 0.25) is 5.02 Å². The van der Waals surface area contributed by atoms with Gasteiger partial charge >= 0.3 is 5.97 Å². The van der Waals surface area contributed by atoms with Gasteiger partial charge in [-0.05, 0) is 25.0 Å². The second kappa shape index (κ2) is 9.30. The van der Waals surface area contributed by atoms with Crippen molar-refractivity contribution in [1.29, 1.82) is 0 Å². The number of esters is 1. The predicted molar refractivity (Wildman–Crippen MR) is 115 cm³/mol. The van der Waals surface area contributed by atoms with Gasteiger partial charge in [0.05, 0.1) is 17.1 Å². The summed E-state index contributed by atoms with van der Waals surface area (Å²) in [6.07, 6.45) is 3.03. The Bertz CT molecular complexity index is 967. The van der Waals surface area contributed by atoms with E-state index in [2.05, 4.69) is 15.4 Å². The third-order valence-electron chi connectivity index (χ3n) is 5.93. The molecule has 3 aliphatic rings. The zero-order valence-electron chi connectivity index (χ0n) is 17.2. The molecule has 0 bridgehead atoms. The van der Waals surface area contributed by atoms with Gasteiger partial charge < -0.3 is 25.4 Å². The number of fused-ring (bicyclic) bond motifs is 1. The molecule has 2 saturated heterocycles. The molecule has 0 aromatic heterocycles. The van der Waals surface area contributed by atoms with E-state index in [1.165, 1.54) is 4.90 Å². The molecule has 32 heavy (non-hydrogen) atoms. The van der Waals surface area contributed by atoms with E-state index < -0.39 is 42.3 Å². The number of ketones is 1. The number of amides is 2. The quantitative estimate of drug-likeness (QED) is 0.453. The highest BCUT2D eigenvalue weighted by Crippen LogP contribution is 2.29. The maximum absolute atomic E-state index is 13.6. The van der Waals surface area contributed by atoms with Crippen molar-refractivity contribution in [2.75, 3.05) is 5.32 Å². The van der Waals surface area contributed by atoms with Crippen molar-refractivity contribution in [3.63, 3.8) is 0 Å². The Labute approximate surface area is 189 Å². The predicted octanol–water partition coefficient (Wildman–Crippen LogP) is 1.15. The summed E-state index contributed by atoms with van der Waals surface area (Å²) in [5.74, 6) is -1.66. The fourth-order valence-corrected chi connectivity index (χ4v) is 4.55. The van der Waals surface area contributed by atoms with Gasteiger partial charge in [-0.25, -0.2) is 0 Å². The molecule has 0 radical (unpaired) electrons. The maximum Gasteiger partial charge on any atom is 0.310 e. The van der Waals surface area contributed by atoms with Gasteiger partial charge in [-0.1, -0.05) is 35.9 Å². The standard InChI is InChI=1S/C22H24ClN3O6/c23-14-6-2-4-7-15(14)24-16-8-3-1-5-12-9-13(27)10-18(26(12)21(16)30)20(29)25-17-11-19(28)32-22(17)31/h1-4,6-7,12,16-18,22,24,31H,5,8-11H2,(H,25,29)/t12-,16-,17?,18-,22?/m0/s1. The lowest BCUT2D eigenvalue weighted by atomic mass is 9.89. The molecule has 1 aromatic carbocycles. The molecule has 3 N–H and O–H groups in total. The molecule has 3 heterocycles. The molecule has 1 aromatic rings. The average molecular weight is 462 g/mol. The first-order valence-corrected chi connectivity index (χ1v) is 10.9. The maximum atomic E-state index is 13.6. The molecule has 3 aliphatic heterocycles. The van der Waals surface area contributed by atoms with Crippen LogP contribution in [0.4, 0.5) is 5.69 Å². The molecule has 2 amide bonds. The van der Waals surface area contributed by atoms with Crippen LogP contribution in [0.5, 0.6) is 0 Å². The Balaban J connectivity index is 1.58. The highest BCUT2D eigenvalue weighted by Gasteiger charge is 2.45. The van der Waals surface area contributed by atoms with Gasteiger partial charge in [0.1, 0.15) is 23.9 Å². The number of carbonyl (C=O) groups is 4. The zero-order valence-corrected chi connectivity index (χ0v) is 18.0. The number of nitrogens with one attached hydrogen (secondary N) is 2. The van der Waals surface area contributed by atoms with E-state index >= 15 is 0 Å². The number of aliphatic hydroxyl groups is 1. The van der Waals surface area contributed by atoms with E-state index in [4.69, 9.17) is 11.6 Å². The SMILES string of the molecule is O=C1C[C@@H]2CC=CC[C@H](Nc3ccccc3Cl)C(=O)N2[C@H](C(=O)NC2CC(=O)OC2O)C1. The van der Waals surface area contributed by atoms with Crippen LogP contribution >= 0.6 is 11.6 Å². The number of ether oxygens (including phenoxy) is 1. The number of rotatable bonds is 4. The third kappa shape index (κ3) is 4.63. The van der Waals surface area contributed by atoms with E-state index in [0.29, 0.717) is 23.6 Å². The molecule has 0 aliphatic carbocycles. The number of carbonyl (C=O) groups excluding carboxylic acids is 4. The number of benzene rings is 1. The second-order valence-electron chi connectivity index (χ2n) is 8.18. The van der Waals surface area contributed by atoms with Crippen molar-refractivity contribution in [2.24, 2.45) is 0 Å². The highest BCUT2D eigenvalue weighted by molar-refractivity contribution is 6.33. The van der Waals surface area contributed by atoms with Crippen LogP contribution in [0.25, 0.3) is 0 Å². The van der Waals surface area contributed by atoms with E-state index in [9.17, 15) is 24.3 Å². The molecular formula is C22H24ClN3O6. The normalized spacial score (nSPS) is 30.2. The van der Waals surface area contributed by atoms with Gasteiger partial charge in [0.15, 0.2) is 0 Å². The molecule has 170 valence electrons. The van der Waals surface area contributed by atoms with Gasteiger partial charge in [-0.2, -0.15) is 0 Å². The summed E-state index contributed by atoms with van der Waals surface area (Å²) < 4.78 is 4.66. The Morgan fingerprint density at radius 2 is 1.84 bits per heavy atom. The lowest BCUT2D eigenvalue weighted by Gasteiger charge is -2.43. The number of para-hydroxylation sites is 1. The lowest BCUT2D eigenvalue weighted by Crippen LogP contribution is -2.62. The fraction of sp³-hybridized carbons (Fsp3) is 0.455. The number of Topliss-reactive ketones (excluding diaryl/α,β-unsaturated/α-hetero) is 1. The first-order valence-electron chi connectivity index (χ1n) is 10.5. The smallest absolute Gasteiger partial charge is 0.310 e. The minimum Gasteiger partial charge on any atom is -0.434 e. The second-order valence-corrected chi connectivity index (χ2v) is 8.59. The summed E-state index contributed by atoms with van der Waals surface area (Å²) in [5, 5.41) is 16.0. The number of hydrogen-bond acceptors (Lipinski definition) is 7. The largest absolute Gasteiger partial charge is 0.434 e. The number of hydrogen-bond donors (Lipinski definition) is 3. The van der Waals surface area contributed by atoms with Gasteiger partial charge in [0.25, 0.3) is 0 Å². The highest BCUT2D eigenvalue weighted by atomic mass is 35.5. The van der Waals surface area contributed by atoms with Crippen LogP contribution in [0.1, 0.15) is 32.1 Å². The average Bonchev–Trinajstić information content (AvgIpc) is 3.06. The minimum atomic E-state index is -1.46. The molecule has 4 rings (SSSR count). The molecule has 5 atom stereocenters. The molecule has 0 saturated carbocycles. The first kappa shape index (κ1) is 22.3. The number of nitrogens with zero attached hydrogens (tertiary/aromatic N) is 1. The molecular weight excluding hydrogens is 438 g/mol. The van der Waals surface area contributed by atoms with E-state index in [1.807, 2.05) is 12.2 Å². The monoisotopic (exact) mass is 461 g/mol. The first-order chi connectivity index (χ1) is 15.3. The van der Waals surface area contributed by atoms with Gasteiger partial charge in [-0.15, -0.1) is 0 Å². The number of aliphatic hydroxyl groups excluding tert-OH is 1. The number of piperidine rings is 1. The molecule has 2 fully saturated rings. The van der Waals surface area contributed by atoms with Gasteiger partial charge in [0.2, 0.25) is 18.1 Å². The van der Waals surface area contributed by atoms with E-state index in [1.54, 1.807) is 24.3 Å². The Kier molecular flexibility index (Phi) is 6.48. The number of halogens is 1. The zero-order chi connectivity index (χ0) is 22.8. The molecule has 10 heteroatoms. The molecule has 2 unspecified atom stereocenters. The van der Waals surface area contributed by atoms with Crippen LogP contribution in [-0.4, -0.2) is 64.0 Å². The number of anilines is 1. The van der Waals surface area contributed by atoms with Crippen molar-refractivity contribution < 1.29 is 29.0 Å². The Morgan fingerprint density at radius 3 is 2.56 bits per heavy atom. The van der Waals surface area contributed by atoms with Crippen LogP contribution in [0.15, 0.2) is 36.4 Å². The third-order valence-corrected chi connectivity index (χ3v) is 6.26. The summed E-state index contributed by atoms with van der Waals surface area (Å²) in [4.78, 5) is 51.9. The Hall–Kier alpha value is -2.91. The van der Waals surface area contributed by atoms with E-state index in [0.717, 1.165) is 0 Å². The molecule has 0 spiro atoms. The van der Waals surface area contributed by atoms with Crippen LogP contribution in [0, 0.1) is 0 Å².